The van der Waals surface area contributed by atoms with E-state index < -0.39 is 10.0 Å². The Balaban J connectivity index is 0.00000272. The molecule has 9 heteroatoms. The molecular formula is C22H25ClN4O3S. The summed E-state index contributed by atoms with van der Waals surface area (Å²) in [6.45, 7) is 3.03. The summed E-state index contributed by atoms with van der Waals surface area (Å²) >= 11 is 0. The molecule has 0 unspecified atom stereocenters. The molecule has 0 spiro atoms. The minimum Gasteiger partial charge on any atom is -0.508 e. The zero-order valence-corrected chi connectivity index (χ0v) is 18.6. The molecule has 0 amide bonds. The van der Waals surface area contributed by atoms with Crippen molar-refractivity contribution < 1.29 is 13.5 Å². The maximum atomic E-state index is 12.7. The van der Waals surface area contributed by atoms with Crippen LogP contribution in [0.15, 0.2) is 66.0 Å². The van der Waals surface area contributed by atoms with E-state index in [0.29, 0.717) is 13.1 Å². The molecule has 0 fully saturated rings. The molecule has 4 rings (SSSR count). The summed E-state index contributed by atoms with van der Waals surface area (Å²) in [7, 11) is -3.61. The van der Waals surface area contributed by atoms with Crippen LogP contribution >= 0.6 is 12.4 Å². The number of hydrogen-bond donors (Lipinski definition) is 4. The molecule has 0 aliphatic heterocycles. The van der Waals surface area contributed by atoms with Gasteiger partial charge in [0.05, 0.1) is 4.90 Å². The Morgan fingerprint density at radius 2 is 1.97 bits per heavy atom. The molecule has 2 heterocycles. The molecule has 0 aliphatic carbocycles. The first-order chi connectivity index (χ1) is 14.4. The highest BCUT2D eigenvalue weighted by Gasteiger charge is 2.17. The number of pyridine rings is 1. The summed E-state index contributed by atoms with van der Waals surface area (Å²) in [6.07, 6.45) is 6.06. The van der Waals surface area contributed by atoms with Crippen molar-refractivity contribution in [1.29, 1.82) is 0 Å². The SMILES string of the molecule is C[C@H](CNCCc1c[nH]c2ccc(O)cc12)NS(=O)(=O)c1ccc2cnccc2c1.Cl. The van der Waals surface area contributed by atoms with Gasteiger partial charge < -0.3 is 15.4 Å². The lowest BCUT2D eigenvalue weighted by molar-refractivity contribution is 0.476. The van der Waals surface area contributed by atoms with Gasteiger partial charge in [0, 0.05) is 47.5 Å². The normalized spacial score (nSPS) is 12.7. The van der Waals surface area contributed by atoms with Crippen molar-refractivity contribution in [3.63, 3.8) is 0 Å². The summed E-state index contributed by atoms with van der Waals surface area (Å²) < 4.78 is 28.1. The lowest BCUT2D eigenvalue weighted by Crippen LogP contribution is -2.40. The van der Waals surface area contributed by atoms with Gasteiger partial charge in [-0.25, -0.2) is 13.1 Å². The number of phenols is 1. The summed E-state index contributed by atoms with van der Waals surface area (Å²) in [5.41, 5.74) is 2.09. The van der Waals surface area contributed by atoms with Crippen LogP contribution in [0.5, 0.6) is 5.75 Å². The van der Waals surface area contributed by atoms with Crippen molar-refractivity contribution in [2.45, 2.75) is 24.3 Å². The first kappa shape index (κ1) is 23.0. The average molecular weight is 461 g/mol. The Kier molecular flexibility index (Phi) is 7.17. The molecule has 31 heavy (non-hydrogen) atoms. The van der Waals surface area contributed by atoms with Gasteiger partial charge in [-0.1, -0.05) is 6.07 Å². The van der Waals surface area contributed by atoms with Crippen LogP contribution in [0.1, 0.15) is 12.5 Å². The molecule has 2 aromatic carbocycles. The van der Waals surface area contributed by atoms with E-state index in [9.17, 15) is 13.5 Å². The third-order valence-electron chi connectivity index (χ3n) is 5.05. The van der Waals surface area contributed by atoms with Gasteiger partial charge in [-0.15, -0.1) is 12.4 Å². The van der Waals surface area contributed by atoms with Crippen LogP contribution in [0.3, 0.4) is 0 Å². The zero-order valence-electron chi connectivity index (χ0n) is 17.0. The number of benzene rings is 2. The molecule has 2 aromatic heterocycles. The van der Waals surface area contributed by atoms with Crippen LogP contribution in [0.2, 0.25) is 0 Å². The van der Waals surface area contributed by atoms with Gasteiger partial charge in [0.15, 0.2) is 0 Å². The maximum absolute atomic E-state index is 12.7. The van der Waals surface area contributed by atoms with Crippen molar-refractivity contribution >= 4 is 44.1 Å². The van der Waals surface area contributed by atoms with Gasteiger partial charge in [0.2, 0.25) is 10.0 Å². The molecule has 4 aromatic rings. The largest absolute Gasteiger partial charge is 0.508 e. The highest BCUT2D eigenvalue weighted by Crippen LogP contribution is 2.23. The van der Waals surface area contributed by atoms with E-state index in [1.54, 1.807) is 48.8 Å². The van der Waals surface area contributed by atoms with Crippen molar-refractivity contribution in [1.82, 2.24) is 20.0 Å². The van der Waals surface area contributed by atoms with E-state index in [1.807, 2.05) is 19.2 Å². The molecule has 0 aliphatic rings. The fourth-order valence-electron chi connectivity index (χ4n) is 3.52. The quantitative estimate of drug-likeness (QED) is 0.302. The number of fused-ring (bicyclic) bond motifs is 2. The minimum atomic E-state index is -3.61. The lowest BCUT2D eigenvalue weighted by atomic mass is 10.1. The number of aromatic nitrogens is 2. The van der Waals surface area contributed by atoms with Crippen molar-refractivity contribution in [3.05, 3.63) is 66.6 Å². The van der Waals surface area contributed by atoms with Gasteiger partial charge in [-0.2, -0.15) is 0 Å². The van der Waals surface area contributed by atoms with Crippen LogP contribution in [-0.4, -0.2) is 42.6 Å². The third kappa shape index (κ3) is 5.34. The van der Waals surface area contributed by atoms with Gasteiger partial charge in [0.25, 0.3) is 0 Å². The predicted octanol–water partition coefficient (Wildman–Crippen LogP) is 3.34. The number of sulfonamides is 1. The topological polar surface area (TPSA) is 107 Å². The highest BCUT2D eigenvalue weighted by molar-refractivity contribution is 7.89. The second-order valence-electron chi connectivity index (χ2n) is 7.40. The zero-order chi connectivity index (χ0) is 21.1. The van der Waals surface area contributed by atoms with Crippen LogP contribution in [0.25, 0.3) is 21.7 Å². The van der Waals surface area contributed by atoms with Crippen LogP contribution in [0.4, 0.5) is 0 Å². The number of halogens is 1. The van der Waals surface area contributed by atoms with Gasteiger partial charge in [0.1, 0.15) is 5.75 Å². The summed E-state index contributed by atoms with van der Waals surface area (Å²) in [5.74, 6) is 0.240. The molecule has 7 nitrogen and oxygen atoms in total. The van der Waals surface area contributed by atoms with E-state index in [4.69, 9.17) is 0 Å². The Labute approximate surface area is 187 Å². The van der Waals surface area contributed by atoms with Crippen molar-refractivity contribution in [2.75, 3.05) is 13.1 Å². The molecule has 4 N–H and O–H groups in total. The predicted molar refractivity (Wildman–Crippen MR) is 125 cm³/mol. The summed E-state index contributed by atoms with van der Waals surface area (Å²) in [5, 5.41) is 15.7. The molecule has 0 bridgehead atoms. The number of aromatic amines is 1. The van der Waals surface area contributed by atoms with Crippen LogP contribution in [0, 0.1) is 0 Å². The fourth-order valence-corrected chi connectivity index (χ4v) is 4.80. The van der Waals surface area contributed by atoms with Crippen molar-refractivity contribution in [3.8, 4) is 5.75 Å². The maximum Gasteiger partial charge on any atom is 0.240 e. The Morgan fingerprint density at radius 3 is 2.81 bits per heavy atom. The first-order valence-corrected chi connectivity index (χ1v) is 11.3. The number of H-pyrrole nitrogens is 1. The summed E-state index contributed by atoms with van der Waals surface area (Å²) in [6, 6.07) is 11.8. The average Bonchev–Trinajstić information content (AvgIpc) is 3.12. The van der Waals surface area contributed by atoms with E-state index in [2.05, 4.69) is 20.0 Å². The Hall–Kier alpha value is -2.65. The molecule has 164 valence electrons. The van der Waals surface area contributed by atoms with E-state index >= 15 is 0 Å². The Morgan fingerprint density at radius 1 is 1.13 bits per heavy atom. The van der Waals surface area contributed by atoms with E-state index in [-0.39, 0.29) is 29.1 Å². The highest BCUT2D eigenvalue weighted by atomic mass is 35.5. The van der Waals surface area contributed by atoms with Crippen LogP contribution < -0.4 is 10.0 Å². The fraction of sp³-hybridized carbons (Fsp3) is 0.227. The van der Waals surface area contributed by atoms with Crippen LogP contribution in [-0.2, 0) is 16.4 Å². The second kappa shape index (κ2) is 9.65. The number of hydrogen-bond acceptors (Lipinski definition) is 5. The Bertz CT molecular complexity index is 1290. The second-order valence-corrected chi connectivity index (χ2v) is 9.12. The standard InChI is InChI=1S/C22H24N4O3S.ClH/c1-15(12-23-9-7-18-14-25-22-5-3-19(27)11-21(18)22)26-30(28,29)20-4-2-17-13-24-8-6-16(17)10-20;/h2-6,8,10-11,13-15,23,25-27H,7,9,12H2,1H3;1H/t15-;/m1./s1. The summed E-state index contributed by atoms with van der Waals surface area (Å²) in [4.78, 5) is 7.48. The number of nitrogens with one attached hydrogen (secondary N) is 3. The molecule has 0 saturated heterocycles. The lowest BCUT2D eigenvalue weighted by Gasteiger charge is -2.15. The van der Waals surface area contributed by atoms with Gasteiger partial charge >= 0.3 is 0 Å². The number of nitrogens with zero attached hydrogens (tertiary/aromatic N) is 1. The molecular weight excluding hydrogens is 436 g/mol. The van der Waals surface area contributed by atoms with Gasteiger partial charge in [-0.05, 0) is 67.2 Å². The first-order valence-electron chi connectivity index (χ1n) is 9.78. The smallest absolute Gasteiger partial charge is 0.240 e. The number of rotatable bonds is 8. The number of aromatic hydroxyl groups is 1. The van der Waals surface area contributed by atoms with Gasteiger partial charge in [-0.3, -0.25) is 4.98 Å². The third-order valence-corrected chi connectivity index (χ3v) is 6.64. The van der Waals surface area contributed by atoms with Crippen molar-refractivity contribution in [2.24, 2.45) is 0 Å². The molecule has 1 atom stereocenters. The molecule has 0 radical (unpaired) electrons. The van der Waals surface area contributed by atoms with E-state index in [0.717, 1.165) is 33.7 Å². The monoisotopic (exact) mass is 460 g/mol. The number of phenolic OH excluding ortho intramolecular Hbond substituents is 1. The van der Waals surface area contributed by atoms with E-state index in [1.165, 1.54) is 0 Å². The minimum absolute atomic E-state index is 0. The molecule has 0 saturated carbocycles.